The number of carbonyl (C=O) groups is 1. The summed E-state index contributed by atoms with van der Waals surface area (Å²) < 4.78 is 0. The average Bonchev–Trinajstić information content (AvgIpc) is 3.08. The van der Waals surface area contributed by atoms with Crippen molar-refractivity contribution in [2.75, 3.05) is 0 Å². The minimum atomic E-state index is 0.285. The van der Waals surface area contributed by atoms with E-state index in [0.717, 1.165) is 28.8 Å². The molecule has 0 spiro atoms. The number of hydrogen-bond donors (Lipinski definition) is 0. The lowest BCUT2D eigenvalue weighted by Crippen LogP contribution is -2.21. The summed E-state index contributed by atoms with van der Waals surface area (Å²) in [6.07, 6.45) is 6.80. The number of aromatic nitrogens is 1. The monoisotopic (exact) mass is 251 g/mol. The number of rotatable bonds is 2. The summed E-state index contributed by atoms with van der Waals surface area (Å²) in [6.45, 7) is 0. The topological polar surface area (TPSA) is 30.0 Å². The maximum absolute atomic E-state index is 12.7. The number of carbonyl (C=O) groups excluding carboxylic acids is 1. The van der Waals surface area contributed by atoms with Crippen LogP contribution >= 0.6 is 0 Å². The van der Waals surface area contributed by atoms with Gasteiger partial charge in [0.25, 0.3) is 0 Å². The summed E-state index contributed by atoms with van der Waals surface area (Å²) in [7, 11) is 0. The summed E-state index contributed by atoms with van der Waals surface area (Å²) >= 11 is 0. The number of fused-ring (bicyclic) bond motifs is 3. The van der Waals surface area contributed by atoms with Crippen LogP contribution in [0.2, 0.25) is 0 Å². The predicted octanol–water partition coefficient (Wildman–Crippen LogP) is 3.85. The minimum Gasteiger partial charge on any atom is -0.294 e. The number of Topliss-reactive ketones (excluding diaryl/α,β-unsaturated/α-hetero) is 1. The molecule has 2 fully saturated rings. The molecule has 2 bridgehead atoms. The van der Waals surface area contributed by atoms with E-state index in [1.807, 2.05) is 30.3 Å². The molecule has 3 atom stereocenters. The number of pyridine rings is 1. The van der Waals surface area contributed by atoms with Gasteiger partial charge in [0.2, 0.25) is 0 Å². The first-order valence-electron chi connectivity index (χ1n) is 7.20. The van der Waals surface area contributed by atoms with E-state index in [1.165, 1.54) is 19.3 Å². The van der Waals surface area contributed by atoms with Crippen LogP contribution in [0.15, 0.2) is 36.5 Å². The SMILES string of the molecule is O=C(c1ccc2ncccc2c1)C1CC2CCC1C2. The molecule has 1 aromatic carbocycles. The molecule has 2 nitrogen and oxygen atoms in total. The van der Waals surface area contributed by atoms with Crippen molar-refractivity contribution in [1.29, 1.82) is 0 Å². The molecule has 0 aliphatic heterocycles. The Morgan fingerprint density at radius 1 is 1.16 bits per heavy atom. The van der Waals surface area contributed by atoms with Crippen LogP contribution in [0.1, 0.15) is 36.0 Å². The Balaban J connectivity index is 1.68. The van der Waals surface area contributed by atoms with Crippen LogP contribution in [0.3, 0.4) is 0 Å². The maximum Gasteiger partial charge on any atom is 0.166 e. The fourth-order valence-electron chi connectivity index (χ4n) is 4.01. The fourth-order valence-corrected chi connectivity index (χ4v) is 4.01. The van der Waals surface area contributed by atoms with Crippen molar-refractivity contribution in [1.82, 2.24) is 4.98 Å². The summed E-state index contributed by atoms with van der Waals surface area (Å²) in [4.78, 5) is 17.0. The number of ketones is 1. The van der Waals surface area contributed by atoms with Gasteiger partial charge in [-0.25, -0.2) is 0 Å². The molecule has 3 unspecified atom stereocenters. The van der Waals surface area contributed by atoms with E-state index in [-0.39, 0.29) is 5.92 Å². The quantitative estimate of drug-likeness (QED) is 0.759. The van der Waals surface area contributed by atoms with E-state index in [0.29, 0.717) is 11.7 Å². The number of hydrogen-bond acceptors (Lipinski definition) is 2. The summed E-state index contributed by atoms with van der Waals surface area (Å²) in [6, 6.07) is 9.88. The highest BCUT2D eigenvalue weighted by Crippen LogP contribution is 2.49. The second kappa shape index (κ2) is 4.16. The Labute approximate surface area is 112 Å². The zero-order chi connectivity index (χ0) is 12.8. The first-order valence-corrected chi connectivity index (χ1v) is 7.20. The lowest BCUT2D eigenvalue weighted by molar-refractivity contribution is 0.0875. The van der Waals surface area contributed by atoms with E-state index in [1.54, 1.807) is 6.20 Å². The molecule has 19 heavy (non-hydrogen) atoms. The fraction of sp³-hybridized carbons (Fsp3) is 0.412. The van der Waals surface area contributed by atoms with Gasteiger partial charge in [0.05, 0.1) is 5.52 Å². The summed E-state index contributed by atoms with van der Waals surface area (Å²) in [5.41, 5.74) is 1.84. The molecule has 1 heterocycles. The zero-order valence-corrected chi connectivity index (χ0v) is 10.9. The van der Waals surface area contributed by atoms with Gasteiger partial charge in [-0.05, 0) is 55.4 Å². The predicted molar refractivity (Wildman–Crippen MR) is 75.0 cm³/mol. The van der Waals surface area contributed by atoms with Crippen molar-refractivity contribution >= 4 is 16.7 Å². The second-order valence-electron chi connectivity index (χ2n) is 6.06. The first kappa shape index (κ1) is 11.2. The lowest BCUT2D eigenvalue weighted by Gasteiger charge is -2.20. The molecule has 96 valence electrons. The number of nitrogens with zero attached hydrogens (tertiary/aromatic N) is 1. The molecular formula is C17H17NO. The molecule has 0 radical (unpaired) electrons. The smallest absolute Gasteiger partial charge is 0.166 e. The Morgan fingerprint density at radius 2 is 2.11 bits per heavy atom. The Kier molecular flexibility index (Phi) is 2.44. The third-order valence-electron chi connectivity index (χ3n) is 4.96. The molecule has 1 aromatic heterocycles. The van der Waals surface area contributed by atoms with Gasteiger partial charge in [-0.3, -0.25) is 9.78 Å². The normalized spacial score (nSPS) is 28.9. The van der Waals surface area contributed by atoms with E-state index in [2.05, 4.69) is 4.98 Å². The van der Waals surface area contributed by atoms with Crippen LogP contribution in [-0.2, 0) is 0 Å². The Bertz CT molecular complexity index is 649. The molecule has 2 aromatic rings. The average molecular weight is 251 g/mol. The molecule has 2 heteroatoms. The Morgan fingerprint density at radius 3 is 2.89 bits per heavy atom. The van der Waals surface area contributed by atoms with Gasteiger partial charge in [0.1, 0.15) is 0 Å². The van der Waals surface area contributed by atoms with Crippen molar-refractivity contribution in [3.63, 3.8) is 0 Å². The van der Waals surface area contributed by atoms with E-state index >= 15 is 0 Å². The third-order valence-corrected chi connectivity index (χ3v) is 4.96. The van der Waals surface area contributed by atoms with Gasteiger partial charge in [-0.15, -0.1) is 0 Å². The zero-order valence-electron chi connectivity index (χ0n) is 10.9. The molecule has 0 amide bonds. The summed E-state index contributed by atoms with van der Waals surface area (Å²) in [5, 5.41) is 1.07. The molecule has 2 aliphatic carbocycles. The largest absolute Gasteiger partial charge is 0.294 e. The maximum atomic E-state index is 12.7. The molecule has 4 rings (SSSR count). The molecule has 2 aliphatic rings. The molecule has 0 saturated heterocycles. The van der Waals surface area contributed by atoms with E-state index in [9.17, 15) is 4.79 Å². The van der Waals surface area contributed by atoms with Crippen LogP contribution in [-0.4, -0.2) is 10.8 Å². The van der Waals surface area contributed by atoms with Crippen molar-refractivity contribution in [3.8, 4) is 0 Å². The summed E-state index contributed by atoms with van der Waals surface area (Å²) in [5.74, 6) is 2.12. The van der Waals surface area contributed by atoms with Crippen LogP contribution in [0.5, 0.6) is 0 Å². The number of benzene rings is 1. The lowest BCUT2D eigenvalue weighted by atomic mass is 9.83. The van der Waals surface area contributed by atoms with Gasteiger partial charge in [-0.2, -0.15) is 0 Å². The van der Waals surface area contributed by atoms with Crippen molar-refractivity contribution < 1.29 is 4.79 Å². The van der Waals surface area contributed by atoms with Crippen molar-refractivity contribution in [2.45, 2.75) is 25.7 Å². The van der Waals surface area contributed by atoms with Crippen molar-refractivity contribution in [2.24, 2.45) is 17.8 Å². The van der Waals surface area contributed by atoms with Gasteiger partial charge < -0.3 is 0 Å². The van der Waals surface area contributed by atoms with E-state index in [4.69, 9.17) is 0 Å². The van der Waals surface area contributed by atoms with Crippen LogP contribution < -0.4 is 0 Å². The molecule has 2 saturated carbocycles. The molecule has 0 N–H and O–H groups in total. The highest BCUT2D eigenvalue weighted by molar-refractivity contribution is 6.01. The van der Waals surface area contributed by atoms with Crippen molar-refractivity contribution in [3.05, 3.63) is 42.1 Å². The van der Waals surface area contributed by atoms with Crippen LogP contribution in [0, 0.1) is 17.8 Å². The van der Waals surface area contributed by atoms with Gasteiger partial charge >= 0.3 is 0 Å². The standard InChI is InChI=1S/C17H17NO/c19-17(15-9-11-3-4-12(15)8-11)14-5-6-16-13(10-14)2-1-7-18-16/h1-2,5-7,10-12,15H,3-4,8-9H2. The van der Waals surface area contributed by atoms with Gasteiger partial charge in [0, 0.05) is 23.1 Å². The highest BCUT2D eigenvalue weighted by atomic mass is 16.1. The third kappa shape index (κ3) is 1.78. The van der Waals surface area contributed by atoms with E-state index < -0.39 is 0 Å². The molecular weight excluding hydrogens is 234 g/mol. The Hall–Kier alpha value is -1.70. The minimum absolute atomic E-state index is 0.285. The van der Waals surface area contributed by atoms with Gasteiger partial charge in [0.15, 0.2) is 5.78 Å². The van der Waals surface area contributed by atoms with Gasteiger partial charge in [-0.1, -0.05) is 12.5 Å². The van der Waals surface area contributed by atoms with Crippen LogP contribution in [0.4, 0.5) is 0 Å². The highest BCUT2D eigenvalue weighted by Gasteiger charge is 2.43. The van der Waals surface area contributed by atoms with Crippen LogP contribution in [0.25, 0.3) is 10.9 Å². The second-order valence-corrected chi connectivity index (χ2v) is 6.06. The first-order chi connectivity index (χ1) is 9.31.